The van der Waals surface area contributed by atoms with Gasteiger partial charge in [0, 0.05) is 30.4 Å². The van der Waals surface area contributed by atoms with E-state index >= 15 is 0 Å². The zero-order chi connectivity index (χ0) is 37.0. The first-order valence-corrected chi connectivity index (χ1v) is 18.3. The molecular weight excluding hydrogens is 672 g/mol. The lowest BCUT2D eigenvalue weighted by molar-refractivity contribution is -0.135. The van der Waals surface area contributed by atoms with E-state index in [2.05, 4.69) is 25.4 Å². The van der Waals surface area contributed by atoms with Gasteiger partial charge in [0.05, 0.1) is 41.6 Å². The molecule has 2 saturated heterocycles. The molecule has 3 aromatic carbocycles. The van der Waals surface area contributed by atoms with Gasteiger partial charge in [-0.1, -0.05) is 84.9 Å². The van der Waals surface area contributed by atoms with Crippen LogP contribution in [-0.2, 0) is 9.59 Å². The Kier molecular flexibility index (Phi) is 10.2. The first-order chi connectivity index (χ1) is 26.5. The second kappa shape index (κ2) is 15.7. The molecule has 4 N–H and O–H groups in total. The molecule has 4 radical (unpaired) electrons. The van der Waals surface area contributed by atoms with Crippen LogP contribution >= 0.6 is 0 Å². The summed E-state index contributed by atoms with van der Waals surface area (Å²) in [6.07, 6.45) is 8.88. The highest BCUT2D eigenvalue weighted by Gasteiger charge is 2.37. The van der Waals surface area contributed by atoms with Crippen molar-refractivity contribution in [1.29, 1.82) is 0 Å². The Bertz CT molecular complexity index is 2040. The molecule has 5 heterocycles. The zero-order valence-corrected chi connectivity index (χ0v) is 29.7. The van der Waals surface area contributed by atoms with Crippen molar-refractivity contribution in [2.45, 2.75) is 49.9 Å². The minimum atomic E-state index is -0.628. The van der Waals surface area contributed by atoms with Crippen LogP contribution in [0.3, 0.4) is 0 Å². The Balaban J connectivity index is 0.924. The number of pyridine rings is 1. The van der Waals surface area contributed by atoms with Gasteiger partial charge in [0.1, 0.15) is 23.7 Å². The van der Waals surface area contributed by atoms with E-state index in [0.29, 0.717) is 13.1 Å². The maximum Gasteiger partial charge on any atom is 0.243 e. The maximum atomic E-state index is 13.6. The van der Waals surface area contributed by atoms with Crippen LogP contribution < -0.4 is 10.5 Å². The molecule has 0 bridgehead atoms. The summed E-state index contributed by atoms with van der Waals surface area (Å²) in [5.74, 6) is 1.38. The molecule has 0 aliphatic carbocycles. The van der Waals surface area contributed by atoms with Crippen LogP contribution in [0, 0.1) is 0 Å². The highest BCUT2D eigenvalue weighted by Crippen LogP contribution is 2.36. The third-order valence-corrected chi connectivity index (χ3v) is 10.6. The summed E-state index contributed by atoms with van der Waals surface area (Å²) >= 11 is 0. The molecule has 266 valence electrons. The monoisotopic (exact) mass is 711 g/mol. The molecule has 0 saturated carbocycles. The number of nitrogens with one attached hydrogen (secondary N) is 4. The molecule has 8 rings (SSSR count). The Hall–Kier alpha value is -5.78. The van der Waals surface area contributed by atoms with Crippen molar-refractivity contribution < 1.29 is 9.59 Å². The maximum absolute atomic E-state index is 13.6. The van der Waals surface area contributed by atoms with E-state index in [4.69, 9.17) is 25.9 Å². The number of amides is 2. The summed E-state index contributed by atoms with van der Waals surface area (Å²) < 4.78 is 0. The van der Waals surface area contributed by atoms with E-state index in [1.165, 1.54) is 0 Å². The third kappa shape index (κ3) is 7.00. The van der Waals surface area contributed by atoms with Gasteiger partial charge in [0.15, 0.2) is 16.0 Å². The van der Waals surface area contributed by atoms with Crippen molar-refractivity contribution in [3.8, 4) is 33.8 Å². The summed E-state index contributed by atoms with van der Waals surface area (Å²) in [6.45, 7) is 1.29. The lowest BCUT2D eigenvalue weighted by Gasteiger charge is -2.28. The van der Waals surface area contributed by atoms with E-state index in [0.717, 1.165) is 82.2 Å². The van der Waals surface area contributed by atoms with Crippen molar-refractivity contribution in [3.05, 3.63) is 138 Å². The average molecular weight is 711 g/mol. The van der Waals surface area contributed by atoms with Gasteiger partial charge in [0.2, 0.25) is 11.8 Å². The molecule has 2 fully saturated rings. The van der Waals surface area contributed by atoms with Gasteiger partial charge in [-0.15, -0.1) is 0 Å². The molecule has 13 heteroatoms. The van der Waals surface area contributed by atoms with Crippen molar-refractivity contribution in [3.63, 3.8) is 0 Å². The van der Waals surface area contributed by atoms with Crippen molar-refractivity contribution >= 4 is 27.8 Å². The summed E-state index contributed by atoms with van der Waals surface area (Å²) in [6, 6.07) is 29.7. The van der Waals surface area contributed by atoms with E-state index in [1.54, 1.807) is 6.20 Å². The van der Waals surface area contributed by atoms with Gasteiger partial charge in [-0.25, -0.2) is 9.97 Å². The van der Waals surface area contributed by atoms with Crippen LogP contribution in [0.2, 0.25) is 0 Å². The zero-order valence-electron chi connectivity index (χ0n) is 29.7. The number of imidazole rings is 2. The molecule has 2 aliphatic rings. The normalized spacial score (nSPS) is 18.1. The van der Waals surface area contributed by atoms with E-state index in [-0.39, 0.29) is 23.9 Å². The number of H-pyrrole nitrogens is 2. The standard InChI is InChI=1S/C41H39B2N9O2/c42-49-36(28-9-3-1-4-10-28)40(53)51-21-7-13-34(51)38-45-24-32(47-38)27-17-15-26(16-18-27)31-20-19-30(23-44-31)33-25-46-39(48-33)35-14-8-22-52(35)41(54)37(50-43)29-11-5-2-6-12-29/h1-6,9-12,15-20,23-25,34-37,49-50H,7-8,13-14,21-22H2,(H,45,47)(H,46,48)/t34-,35-,36+,37+/m0/s1. The molecule has 6 aromatic rings. The molecular formula is C41H39B2N9O2. The number of aromatic amines is 2. The topological polar surface area (TPSA) is 135 Å². The number of benzene rings is 3. The number of carbonyl (C=O) groups is 2. The lowest BCUT2D eigenvalue weighted by atomic mass is 10.0. The van der Waals surface area contributed by atoms with Gasteiger partial charge in [-0.05, 0) is 54.5 Å². The Morgan fingerprint density at radius 2 is 1.06 bits per heavy atom. The fourth-order valence-corrected chi connectivity index (χ4v) is 7.72. The highest BCUT2D eigenvalue weighted by atomic mass is 16.2. The number of nitrogens with zero attached hydrogens (tertiary/aromatic N) is 5. The Morgan fingerprint density at radius 1 is 0.593 bits per heavy atom. The van der Waals surface area contributed by atoms with Crippen LogP contribution in [0.1, 0.15) is 72.6 Å². The number of carbonyl (C=O) groups excluding carboxylic acids is 2. The van der Waals surface area contributed by atoms with Gasteiger partial charge in [-0.3, -0.25) is 14.6 Å². The summed E-state index contributed by atoms with van der Waals surface area (Å²) in [7, 11) is 11.7. The van der Waals surface area contributed by atoms with E-state index < -0.39 is 12.1 Å². The molecule has 4 atom stereocenters. The molecule has 11 nitrogen and oxygen atoms in total. The van der Waals surface area contributed by atoms with Gasteiger partial charge >= 0.3 is 0 Å². The highest BCUT2D eigenvalue weighted by molar-refractivity contribution is 6.07. The molecule has 2 aliphatic heterocycles. The van der Waals surface area contributed by atoms with Gasteiger partial charge in [-0.2, -0.15) is 0 Å². The largest absolute Gasteiger partial charge is 0.352 e. The van der Waals surface area contributed by atoms with E-state index in [1.807, 2.05) is 119 Å². The SMILES string of the molecule is [B]N[C@@H](C(=O)N1CCC[C@H]1c1ncc(-c2ccc(-c3ccc(-c4cnc([C@@H]5CCCN5C(=O)[C@H](N[B])c5ccccc5)[nH]4)cn3)cc2)[nH]1)c1ccccc1. The van der Waals surface area contributed by atoms with Crippen LogP contribution in [0.4, 0.5) is 0 Å². The second-order valence-electron chi connectivity index (χ2n) is 13.8. The molecule has 0 spiro atoms. The van der Waals surface area contributed by atoms with Gasteiger partial charge < -0.3 is 30.2 Å². The van der Waals surface area contributed by atoms with Crippen LogP contribution in [-0.4, -0.2) is 75.6 Å². The predicted octanol–water partition coefficient (Wildman–Crippen LogP) is 5.68. The Labute approximate surface area is 316 Å². The number of hydrogen-bond acceptors (Lipinski definition) is 7. The number of likely N-dealkylation sites (tertiary alicyclic amines) is 2. The number of aromatic nitrogens is 5. The molecule has 3 aromatic heterocycles. The minimum absolute atomic E-state index is 0.0646. The molecule has 2 amide bonds. The number of hydrogen-bond donors (Lipinski definition) is 4. The first kappa shape index (κ1) is 35.3. The lowest BCUT2D eigenvalue weighted by Crippen LogP contribution is -2.40. The quantitative estimate of drug-likeness (QED) is 0.127. The first-order valence-electron chi connectivity index (χ1n) is 18.3. The third-order valence-electron chi connectivity index (χ3n) is 10.6. The van der Waals surface area contributed by atoms with Crippen LogP contribution in [0.15, 0.2) is 116 Å². The average Bonchev–Trinajstić information content (AvgIpc) is 4.07. The molecule has 54 heavy (non-hydrogen) atoms. The predicted molar refractivity (Wildman–Crippen MR) is 208 cm³/mol. The minimum Gasteiger partial charge on any atom is -0.352 e. The van der Waals surface area contributed by atoms with Crippen molar-refractivity contribution in [1.82, 2.24) is 45.2 Å². The molecule has 0 unspecified atom stereocenters. The van der Waals surface area contributed by atoms with Crippen LogP contribution in [0.25, 0.3) is 33.8 Å². The van der Waals surface area contributed by atoms with E-state index in [9.17, 15) is 9.59 Å². The summed E-state index contributed by atoms with van der Waals surface area (Å²) in [4.78, 5) is 52.0. The summed E-state index contributed by atoms with van der Waals surface area (Å²) in [5.41, 5.74) is 7.07. The van der Waals surface area contributed by atoms with Crippen LogP contribution in [0.5, 0.6) is 0 Å². The fraction of sp³-hybridized carbons (Fsp3) is 0.244. The van der Waals surface area contributed by atoms with Crippen molar-refractivity contribution in [2.75, 3.05) is 13.1 Å². The van der Waals surface area contributed by atoms with Gasteiger partial charge in [0.25, 0.3) is 0 Å². The Morgan fingerprint density at radius 3 is 1.52 bits per heavy atom. The summed E-state index contributed by atoms with van der Waals surface area (Å²) in [5, 5.41) is 5.41. The second-order valence-corrected chi connectivity index (χ2v) is 13.8. The number of rotatable bonds is 11. The van der Waals surface area contributed by atoms with Crippen molar-refractivity contribution in [2.24, 2.45) is 0 Å². The fourth-order valence-electron chi connectivity index (χ4n) is 7.72. The smallest absolute Gasteiger partial charge is 0.243 e.